The van der Waals surface area contributed by atoms with Crippen molar-refractivity contribution in [1.29, 1.82) is 0 Å². The number of carbonyl (C=O) groups is 1. The lowest BCUT2D eigenvalue weighted by molar-refractivity contribution is 0.0488. The van der Waals surface area contributed by atoms with Crippen molar-refractivity contribution in [3.63, 3.8) is 0 Å². The van der Waals surface area contributed by atoms with E-state index >= 15 is 0 Å². The van der Waals surface area contributed by atoms with Crippen molar-refractivity contribution in [1.82, 2.24) is 9.88 Å². The standard InChI is InChI=1S/C11H14N2O.2C2H6/c1-2-9-7-13(8-9)11(14)10-5-3-4-6-12-10;2*1-2/h3-6,9H,2,7-8H2,1H3;2*1-2H3. The third kappa shape index (κ3) is 4.47. The molecule has 3 heteroatoms. The molecule has 1 amide bonds. The largest absolute Gasteiger partial charge is 0.337 e. The lowest BCUT2D eigenvalue weighted by Crippen LogP contribution is -2.49. The summed E-state index contributed by atoms with van der Waals surface area (Å²) in [4.78, 5) is 17.7. The highest BCUT2D eigenvalue weighted by molar-refractivity contribution is 5.92. The first kappa shape index (κ1) is 16.6. The Labute approximate surface area is 111 Å². The van der Waals surface area contributed by atoms with E-state index in [1.807, 2.05) is 44.7 Å². The van der Waals surface area contributed by atoms with Crippen molar-refractivity contribution in [2.45, 2.75) is 41.0 Å². The second-order valence-corrected chi connectivity index (χ2v) is 3.70. The lowest BCUT2D eigenvalue weighted by atomic mass is 9.97. The highest BCUT2D eigenvalue weighted by Crippen LogP contribution is 2.20. The van der Waals surface area contributed by atoms with E-state index in [0.717, 1.165) is 19.5 Å². The van der Waals surface area contributed by atoms with Crippen molar-refractivity contribution in [2.75, 3.05) is 13.1 Å². The fraction of sp³-hybridized carbons (Fsp3) is 0.600. The van der Waals surface area contributed by atoms with Crippen LogP contribution in [0.4, 0.5) is 0 Å². The normalized spacial score (nSPS) is 13.5. The lowest BCUT2D eigenvalue weighted by Gasteiger charge is -2.38. The van der Waals surface area contributed by atoms with Gasteiger partial charge in [-0.05, 0) is 24.5 Å². The van der Waals surface area contributed by atoms with E-state index in [1.54, 1.807) is 12.3 Å². The first-order chi connectivity index (χ1) is 8.81. The number of hydrogen-bond acceptors (Lipinski definition) is 2. The molecule has 1 aromatic heterocycles. The number of carbonyl (C=O) groups excluding carboxylic acids is 1. The minimum absolute atomic E-state index is 0.0651. The van der Waals surface area contributed by atoms with Crippen LogP contribution in [0.2, 0.25) is 0 Å². The van der Waals surface area contributed by atoms with Gasteiger partial charge < -0.3 is 4.90 Å². The van der Waals surface area contributed by atoms with E-state index in [1.165, 1.54) is 0 Å². The fourth-order valence-corrected chi connectivity index (χ4v) is 1.65. The Morgan fingerprint density at radius 2 is 1.89 bits per heavy atom. The number of pyridine rings is 1. The Hall–Kier alpha value is -1.38. The average Bonchev–Trinajstić information content (AvgIpc) is 2.43. The Morgan fingerprint density at radius 3 is 2.33 bits per heavy atom. The van der Waals surface area contributed by atoms with Crippen LogP contribution in [-0.4, -0.2) is 28.9 Å². The SMILES string of the molecule is CC.CC.CCC1CN(C(=O)c2ccccn2)C1. The summed E-state index contributed by atoms with van der Waals surface area (Å²) in [7, 11) is 0. The summed E-state index contributed by atoms with van der Waals surface area (Å²) >= 11 is 0. The molecule has 0 unspecified atom stereocenters. The van der Waals surface area contributed by atoms with Gasteiger partial charge in [-0.2, -0.15) is 0 Å². The Kier molecular flexibility index (Phi) is 8.89. The van der Waals surface area contributed by atoms with Gasteiger partial charge in [0.25, 0.3) is 5.91 Å². The number of rotatable bonds is 2. The van der Waals surface area contributed by atoms with Crippen molar-refractivity contribution >= 4 is 5.91 Å². The molecular weight excluding hydrogens is 224 g/mol. The van der Waals surface area contributed by atoms with Crippen LogP contribution in [0.15, 0.2) is 24.4 Å². The minimum Gasteiger partial charge on any atom is -0.337 e. The summed E-state index contributed by atoms with van der Waals surface area (Å²) in [6.45, 7) is 11.9. The molecule has 1 aliphatic rings. The van der Waals surface area contributed by atoms with Gasteiger partial charge in [-0.25, -0.2) is 0 Å². The topological polar surface area (TPSA) is 33.2 Å². The van der Waals surface area contributed by atoms with E-state index in [-0.39, 0.29) is 5.91 Å². The van der Waals surface area contributed by atoms with Crippen LogP contribution in [-0.2, 0) is 0 Å². The van der Waals surface area contributed by atoms with E-state index in [4.69, 9.17) is 0 Å². The summed E-state index contributed by atoms with van der Waals surface area (Å²) in [6.07, 6.45) is 2.82. The molecular formula is C15H26N2O. The molecule has 1 aliphatic heterocycles. The van der Waals surface area contributed by atoms with E-state index in [0.29, 0.717) is 11.6 Å². The zero-order chi connectivity index (χ0) is 14.0. The molecule has 0 N–H and O–H groups in total. The fourth-order valence-electron chi connectivity index (χ4n) is 1.65. The number of aromatic nitrogens is 1. The Bertz CT molecular complexity index is 319. The monoisotopic (exact) mass is 250 g/mol. The predicted molar refractivity (Wildman–Crippen MR) is 76.6 cm³/mol. The van der Waals surface area contributed by atoms with E-state index in [9.17, 15) is 4.79 Å². The maximum Gasteiger partial charge on any atom is 0.272 e. The maximum absolute atomic E-state index is 11.8. The quantitative estimate of drug-likeness (QED) is 0.803. The molecule has 1 saturated heterocycles. The van der Waals surface area contributed by atoms with Crippen LogP contribution in [0.25, 0.3) is 0 Å². The van der Waals surface area contributed by atoms with Gasteiger partial charge in [-0.1, -0.05) is 40.7 Å². The van der Waals surface area contributed by atoms with Crippen molar-refractivity contribution in [3.05, 3.63) is 30.1 Å². The zero-order valence-corrected chi connectivity index (χ0v) is 12.3. The third-order valence-electron chi connectivity index (χ3n) is 2.71. The van der Waals surface area contributed by atoms with Crippen LogP contribution >= 0.6 is 0 Å². The van der Waals surface area contributed by atoms with Gasteiger partial charge in [0.15, 0.2) is 0 Å². The summed E-state index contributed by atoms with van der Waals surface area (Å²) in [5, 5.41) is 0. The first-order valence-corrected chi connectivity index (χ1v) is 7.01. The smallest absolute Gasteiger partial charge is 0.272 e. The second-order valence-electron chi connectivity index (χ2n) is 3.70. The summed E-state index contributed by atoms with van der Waals surface area (Å²) < 4.78 is 0. The minimum atomic E-state index is 0.0651. The maximum atomic E-state index is 11.8. The Balaban J connectivity index is 0.000000659. The van der Waals surface area contributed by atoms with Crippen molar-refractivity contribution in [3.8, 4) is 0 Å². The number of amides is 1. The van der Waals surface area contributed by atoms with Gasteiger partial charge in [0.1, 0.15) is 5.69 Å². The van der Waals surface area contributed by atoms with Gasteiger partial charge in [0, 0.05) is 19.3 Å². The molecule has 0 spiro atoms. The van der Waals surface area contributed by atoms with Crippen LogP contribution in [0, 0.1) is 5.92 Å². The molecule has 0 radical (unpaired) electrons. The van der Waals surface area contributed by atoms with Gasteiger partial charge >= 0.3 is 0 Å². The van der Waals surface area contributed by atoms with E-state index < -0.39 is 0 Å². The zero-order valence-electron chi connectivity index (χ0n) is 12.3. The second kappa shape index (κ2) is 9.63. The Morgan fingerprint density at radius 1 is 1.28 bits per heavy atom. The molecule has 2 rings (SSSR count). The molecule has 1 aromatic rings. The summed E-state index contributed by atoms with van der Waals surface area (Å²) in [6, 6.07) is 5.43. The molecule has 18 heavy (non-hydrogen) atoms. The van der Waals surface area contributed by atoms with E-state index in [2.05, 4.69) is 11.9 Å². The number of hydrogen-bond donors (Lipinski definition) is 0. The molecule has 3 nitrogen and oxygen atoms in total. The highest BCUT2D eigenvalue weighted by Gasteiger charge is 2.29. The molecule has 0 atom stereocenters. The van der Waals surface area contributed by atoms with Gasteiger partial charge in [0.2, 0.25) is 0 Å². The molecule has 1 fully saturated rings. The van der Waals surface area contributed by atoms with Crippen LogP contribution in [0.5, 0.6) is 0 Å². The van der Waals surface area contributed by atoms with Crippen LogP contribution in [0.1, 0.15) is 51.5 Å². The van der Waals surface area contributed by atoms with Crippen LogP contribution < -0.4 is 0 Å². The average molecular weight is 250 g/mol. The first-order valence-electron chi connectivity index (χ1n) is 7.01. The predicted octanol–water partition coefficient (Wildman–Crippen LogP) is 3.62. The molecule has 0 bridgehead atoms. The van der Waals surface area contributed by atoms with Crippen molar-refractivity contribution in [2.24, 2.45) is 5.92 Å². The van der Waals surface area contributed by atoms with Gasteiger partial charge in [0.05, 0.1) is 0 Å². The number of nitrogens with zero attached hydrogens (tertiary/aromatic N) is 2. The number of likely N-dealkylation sites (tertiary alicyclic amines) is 1. The molecule has 102 valence electrons. The molecule has 0 aliphatic carbocycles. The van der Waals surface area contributed by atoms with Gasteiger partial charge in [-0.3, -0.25) is 9.78 Å². The molecule has 0 aromatic carbocycles. The molecule has 2 heterocycles. The summed E-state index contributed by atoms with van der Waals surface area (Å²) in [5.74, 6) is 0.762. The van der Waals surface area contributed by atoms with Gasteiger partial charge in [-0.15, -0.1) is 0 Å². The van der Waals surface area contributed by atoms with Crippen LogP contribution in [0.3, 0.4) is 0 Å². The third-order valence-corrected chi connectivity index (χ3v) is 2.71. The van der Waals surface area contributed by atoms with Crippen molar-refractivity contribution < 1.29 is 4.79 Å². The summed E-state index contributed by atoms with van der Waals surface area (Å²) in [5.41, 5.74) is 0.557. The highest BCUT2D eigenvalue weighted by atomic mass is 16.2. The molecule has 0 saturated carbocycles.